The Hall–Kier alpha value is -1.48. The van der Waals surface area contributed by atoms with Gasteiger partial charge in [0.1, 0.15) is 6.04 Å². The molecule has 1 aliphatic heterocycles. The van der Waals surface area contributed by atoms with E-state index in [0.717, 1.165) is 4.31 Å². The normalized spacial score (nSPS) is 21.9. The molecule has 1 heterocycles. The molecular weight excluding hydrogens is 296 g/mol. The minimum atomic E-state index is -3.83. The molecule has 2 atom stereocenters. The molecule has 0 spiro atoms. The van der Waals surface area contributed by atoms with Crippen molar-refractivity contribution in [3.05, 3.63) is 29.8 Å². The van der Waals surface area contributed by atoms with Crippen molar-refractivity contribution >= 4 is 15.9 Å². The Labute approximate surface area is 123 Å². The highest BCUT2D eigenvalue weighted by Gasteiger charge is 2.37. The number of carbonyl (C=O) groups excluding carboxylic acids is 1. The Kier molecular flexibility index (Phi) is 4.62. The number of nitrogens with zero attached hydrogens (tertiary/aromatic N) is 1. The molecule has 0 saturated carbocycles. The van der Waals surface area contributed by atoms with Gasteiger partial charge in [-0.2, -0.15) is 4.31 Å². The molecule has 0 aromatic heterocycles. The fourth-order valence-electron chi connectivity index (χ4n) is 2.15. The van der Waals surface area contributed by atoms with Crippen LogP contribution in [-0.4, -0.2) is 49.5 Å². The van der Waals surface area contributed by atoms with E-state index in [2.05, 4.69) is 0 Å². The summed E-state index contributed by atoms with van der Waals surface area (Å²) in [5, 5.41) is 9.44. The van der Waals surface area contributed by atoms with E-state index in [1.807, 2.05) is 0 Å². The zero-order valence-electron chi connectivity index (χ0n) is 11.6. The largest absolute Gasteiger partial charge is 0.389 e. The van der Waals surface area contributed by atoms with E-state index in [4.69, 9.17) is 10.5 Å². The summed E-state index contributed by atoms with van der Waals surface area (Å²) in [4.78, 5) is 11.4. The van der Waals surface area contributed by atoms with Crippen molar-refractivity contribution in [3.63, 3.8) is 0 Å². The number of sulfonamides is 1. The van der Waals surface area contributed by atoms with Gasteiger partial charge in [-0.25, -0.2) is 8.42 Å². The van der Waals surface area contributed by atoms with Gasteiger partial charge < -0.3 is 15.6 Å². The highest BCUT2D eigenvalue weighted by atomic mass is 32.2. The van der Waals surface area contributed by atoms with Crippen LogP contribution in [0.5, 0.6) is 0 Å². The number of hydrogen-bond acceptors (Lipinski definition) is 5. The van der Waals surface area contributed by atoms with Gasteiger partial charge in [-0.05, 0) is 24.6 Å². The van der Waals surface area contributed by atoms with Crippen LogP contribution in [0.15, 0.2) is 29.2 Å². The number of morpholine rings is 1. The van der Waals surface area contributed by atoms with E-state index in [1.54, 1.807) is 6.92 Å². The van der Waals surface area contributed by atoms with Gasteiger partial charge in [0.15, 0.2) is 0 Å². The topological polar surface area (TPSA) is 110 Å². The number of rotatable bonds is 4. The molecule has 116 valence electrons. The smallest absolute Gasteiger partial charge is 0.243 e. The molecule has 7 nitrogen and oxygen atoms in total. The van der Waals surface area contributed by atoms with Gasteiger partial charge in [-0.15, -0.1) is 0 Å². The number of primary amides is 1. The number of carbonyl (C=O) groups is 1. The average molecular weight is 314 g/mol. The van der Waals surface area contributed by atoms with Gasteiger partial charge in [0.2, 0.25) is 15.9 Å². The zero-order chi connectivity index (χ0) is 15.6. The number of aliphatic hydroxyl groups is 1. The van der Waals surface area contributed by atoms with Gasteiger partial charge in [0.05, 0.1) is 24.2 Å². The lowest BCUT2D eigenvalue weighted by molar-refractivity contribution is -0.125. The first kappa shape index (κ1) is 15.9. The minimum Gasteiger partial charge on any atom is -0.389 e. The molecular formula is C13H18N2O5S. The van der Waals surface area contributed by atoms with Gasteiger partial charge >= 0.3 is 0 Å². The van der Waals surface area contributed by atoms with Crippen LogP contribution >= 0.6 is 0 Å². The van der Waals surface area contributed by atoms with E-state index < -0.39 is 28.1 Å². The summed E-state index contributed by atoms with van der Waals surface area (Å²) < 4.78 is 31.3. The first-order valence-electron chi connectivity index (χ1n) is 6.51. The molecule has 0 bridgehead atoms. The molecule has 0 aliphatic carbocycles. The van der Waals surface area contributed by atoms with Gasteiger partial charge in [-0.1, -0.05) is 12.1 Å². The van der Waals surface area contributed by atoms with Crippen LogP contribution in [0, 0.1) is 0 Å². The fourth-order valence-corrected chi connectivity index (χ4v) is 3.72. The lowest BCUT2D eigenvalue weighted by Gasteiger charge is -2.32. The maximum Gasteiger partial charge on any atom is 0.243 e. The number of amides is 1. The SMILES string of the molecule is CC(O)c1ccc(S(=O)(=O)N2CCOCC2C(N)=O)cc1. The van der Waals surface area contributed by atoms with Crippen LogP contribution < -0.4 is 5.73 Å². The predicted octanol–water partition coefficient (Wildman–Crippen LogP) is -0.385. The lowest BCUT2D eigenvalue weighted by Crippen LogP contribution is -2.54. The van der Waals surface area contributed by atoms with Crippen LogP contribution in [0.3, 0.4) is 0 Å². The number of benzene rings is 1. The van der Waals surface area contributed by atoms with E-state index in [9.17, 15) is 18.3 Å². The van der Waals surface area contributed by atoms with Crippen molar-refractivity contribution < 1.29 is 23.1 Å². The van der Waals surface area contributed by atoms with Crippen LogP contribution in [0.4, 0.5) is 0 Å². The Balaban J connectivity index is 2.33. The second-order valence-corrected chi connectivity index (χ2v) is 6.74. The summed E-state index contributed by atoms with van der Waals surface area (Å²) in [6.45, 7) is 1.85. The Morgan fingerprint density at radius 1 is 1.43 bits per heavy atom. The summed E-state index contributed by atoms with van der Waals surface area (Å²) in [5.41, 5.74) is 5.85. The van der Waals surface area contributed by atoms with Crippen LogP contribution in [0.2, 0.25) is 0 Å². The predicted molar refractivity (Wildman–Crippen MR) is 74.8 cm³/mol. The van der Waals surface area contributed by atoms with E-state index in [0.29, 0.717) is 5.56 Å². The third-order valence-electron chi connectivity index (χ3n) is 3.38. The molecule has 8 heteroatoms. The average Bonchev–Trinajstić information content (AvgIpc) is 2.47. The third-order valence-corrected chi connectivity index (χ3v) is 5.30. The van der Waals surface area contributed by atoms with Crippen LogP contribution in [-0.2, 0) is 19.6 Å². The first-order chi connectivity index (χ1) is 9.84. The summed E-state index contributed by atoms with van der Waals surface area (Å²) in [5.74, 6) is -0.737. The Bertz CT molecular complexity index is 612. The Morgan fingerprint density at radius 3 is 2.57 bits per heavy atom. The summed E-state index contributed by atoms with van der Waals surface area (Å²) in [6, 6.07) is 4.89. The zero-order valence-corrected chi connectivity index (χ0v) is 12.4. The van der Waals surface area contributed by atoms with Crippen molar-refractivity contribution in [2.45, 2.75) is 24.0 Å². The minimum absolute atomic E-state index is 0.0413. The van der Waals surface area contributed by atoms with Crippen molar-refractivity contribution in [2.24, 2.45) is 5.73 Å². The quantitative estimate of drug-likeness (QED) is 0.787. The molecule has 2 unspecified atom stereocenters. The Morgan fingerprint density at radius 2 is 2.05 bits per heavy atom. The lowest BCUT2D eigenvalue weighted by atomic mass is 10.1. The van der Waals surface area contributed by atoms with E-state index >= 15 is 0 Å². The number of hydrogen-bond donors (Lipinski definition) is 2. The van der Waals surface area contributed by atoms with Gasteiger partial charge in [0.25, 0.3) is 0 Å². The van der Waals surface area contributed by atoms with Crippen molar-refractivity contribution in [1.29, 1.82) is 0 Å². The molecule has 1 aromatic rings. The van der Waals surface area contributed by atoms with Gasteiger partial charge in [0, 0.05) is 6.54 Å². The third kappa shape index (κ3) is 3.24. The molecule has 0 radical (unpaired) electrons. The molecule has 1 amide bonds. The standard InChI is InChI=1S/C13H18N2O5S/c1-9(16)10-2-4-11(5-3-10)21(18,19)15-6-7-20-8-12(15)13(14)17/h2-5,9,12,16H,6-8H2,1H3,(H2,14,17). The summed E-state index contributed by atoms with van der Waals surface area (Å²) >= 11 is 0. The summed E-state index contributed by atoms with van der Waals surface area (Å²) in [6.07, 6.45) is -0.677. The molecule has 2 rings (SSSR count). The monoisotopic (exact) mass is 314 g/mol. The van der Waals surface area contributed by atoms with E-state index in [1.165, 1.54) is 24.3 Å². The number of ether oxygens (including phenoxy) is 1. The van der Waals surface area contributed by atoms with Crippen LogP contribution in [0.25, 0.3) is 0 Å². The molecule has 21 heavy (non-hydrogen) atoms. The highest BCUT2D eigenvalue weighted by Crippen LogP contribution is 2.22. The van der Waals surface area contributed by atoms with E-state index in [-0.39, 0.29) is 24.7 Å². The number of aliphatic hydroxyl groups excluding tert-OH is 1. The maximum absolute atomic E-state index is 12.6. The fraction of sp³-hybridized carbons (Fsp3) is 0.462. The van der Waals surface area contributed by atoms with Crippen LogP contribution in [0.1, 0.15) is 18.6 Å². The highest BCUT2D eigenvalue weighted by molar-refractivity contribution is 7.89. The number of nitrogens with two attached hydrogens (primary N) is 1. The first-order valence-corrected chi connectivity index (χ1v) is 7.95. The maximum atomic E-state index is 12.6. The molecule has 3 N–H and O–H groups in total. The molecule has 1 aromatic carbocycles. The van der Waals surface area contributed by atoms with Gasteiger partial charge in [-0.3, -0.25) is 4.79 Å². The molecule has 1 aliphatic rings. The van der Waals surface area contributed by atoms with Crippen molar-refractivity contribution in [1.82, 2.24) is 4.31 Å². The summed E-state index contributed by atoms with van der Waals surface area (Å²) in [7, 11) is -3.83. The van der Waals surface area contributed by atoms with Crippen molar-refractivity contribution in [2.75, 3.05) is 19.8 Å². The molecule has 1 fully saturated rings. The second kappa shape index (κ2) is 6.10. The second-order valence-electron chi connectivity index (χ2n) is 4.85. The molecule has 1 saturated heterocycles. The van der Waals surface area contributed by atoms with Crippen molar-refractivity contribution in [3.8, 4) is 0 Å².